The van der Waals surface area contributed by atoms with Crippen molar-refractivity contribution < 1.29 is 13.2 Å². The Bertz CT molecular complexity index is 980. The van der Waals surface area contributed by atoms with Crippen molar-refractivity contribution >= 4 is 27.3 Å². The van der Waals surface area contributed by atoms with E-state index in [-0.39, 0.29) is 5.91 Å². The van der Waals surface area contributed by atoms with Crippen molar-refractivity contribution in [2.45, 2.75) is 5.92 Å². The topological polar surface area (TPSA) is 75.3 Å². The van der Waals surface area contributed by atoms with Crippen molar-refractivity contribution in [3.05, 3.63) is 96.1 Å². The highest BCUT2D eigenvalue weighted by Crippen LogP contribution is 2.28. The van der Waals surface area contributed by atoms with Gasteiger partial charge in [0.2, 0.25) is 15.9 Å². The summed E-state index contributed by atoms with van der Waals surface area (Å²) in [4.78, 5) is 13.1. The fourth-order valence-corrected chi connectivity index (χ4v) is 3.45. The Morgan fingerprint density at radius 3 is 1.67 bits per heavy atom. The minimum absolute atomic E-state index is 0.241. The molecule has 0 saturated heterocycles. The van der Waals surface area contributed by atoms with Crippen LogP contribution in [0.3, 0.4) is 0 Å². The zero-order chi connectivity index (χ0) is 19.3. The van der Waals surface area contributed by atoms with Gasteiger partial charge in [-0.25, -0.2) is 8.42 Å². The van der Waals surface area contributed by atoms with Crippen LogP contribution in [0.4, 0.5) is 11.4 Å². The maximum Gasteiger partial charge on any atom is 0.236 e. The summed E-state index contributed by atoms with van der Waals surface area (Å²) in [6, 6.07) is 25.7. The van der Waals surface area contributed by atoms with Gasteiger partial charge in [-0.1, -0.05) is 72.8 Å². The number of rotatable bonds is 6. The Labute approximate surface area is 159 Å². The monoisotopic (exact) mass is 380 g/mol. The third kappa shape index (κ3) is 4.95. The number of sulfonamides is 1. The van der Waals surface area contributed by atoms with E-state index in [2.05, 4.69) is 10.0 Å². The molecule has 3 aromatic carbocycles. The van der Waals surface area contributed by atoms with E-state index in [1.54, 1.807) is 24.3 Å². The van der Waals surface area contributed by atoms with Crippen LogP contribution in [0.2, 0.25) is 0 Å². The third-order valence-electron chi connectivity index (χ3n) is 4.01. The fraction of sp³-hybridized carbons (Fsp3) is 0.0952. The summed E-state index contributed by atoms with van der Waals surface area (Å²) in [7, 11) is -3.46. The average Bonchev–Trinajstić information content (AvgIpc) is 2.64. The fourth-order valence-electron chi connectivity index (χ4n) is 2.87. The summed E-state index contributed by atoms with van der Waals surface area (Å²) >= 11 is 0. The van der Waals surface area contributed by atoms with Gasteiger partial charge in [-0.2, -0.15) is 0 Å². The van der Waals surface area contributed by atoms with Crippen molar-refractivity contribution in [1.29, 1.82) is 0 Å². The van der Waals surface area contributed by atoms with Gasteiger partial charge in [0.15, 0.2) is 0 Å². The first-order valence-corrected chi connectivity index (χ1v) is 10.3. The van der Waals surface area contributed by atoms with E-state index in [0.29, 0.717) is 11.4 Å². The summed E-state index contributed by atoms with van der Waals surface area (Å²) < 4.78 is 25.6. The second-order valence-corrected chi connectivity index (χ2v) is 7.91. The second kappa shape index (κ2) is 8.05. The smallest absolute Gasteiger partial charge is 0.236 e. The number of nitrogens with one attached hydrogen (secondary N) is 2. The molecule has 0 atom stereocenters. The Balaban J connectivity index is 1.95. The maximum atomic E-state index is 13.1. The van der Waals surface area contributed by atoms with Gasteiger partial charge >= 0.3 is 0 Å². The molecule has 1 amide bonds. The van der Waals surface area contributed by atoms with Crippen LogP contribution in [0.1, 0.15) is 17.0 Å². The summed E-state index contributed by atoms with van der Waals surface area (Å²) in [6.07, 6.45) is 1.07. The zero-order valence-corrected chi connectivity index (χ0v) is 15.6. The molecule has 138 valence electrons. The number of carbonyl (C=O) groups is 1. The molecule has 2 N–H and O–H groups in total. The zero-order valence-electron chi connectivity index (χ0n) is 14.8. The Morgan fingerprint density at radius 1 is 0.741 bits per heavy atom. The van der Waals surface area contributed by atoms with Gasteiger partial charge in [0, 0.05) is 0 Å². The van der Waals surface area contributed by atoms with Crippen LogP contribution in [0.25, 0.3) is 0 Å². The normalized spacial score (nSPS) is 11.2. The lowest BCUT2D eigenvalue weighted by Crippen LogP contribution is -2.23. The van der Waals surface area contributed by atoms with E-state index in [9.17, 15) is 13.2 Å². The molecule has 0 unspecified atom stereocenters. The highest BCUT2D eigenvalue weighted by atomic mass is 32.2. The molecule has 6 heteroatoms. The molecule has 0 aliphatic heterocycles. The molecular formula is C21H20N2O3S. The summed E-state index contributed by atoms with van der Waals surface area (Å²) in [5, 5.41) is 2.86. The lowest BCUT2D eigenvalue weighted by atomic mass is 9.90. The van der Waals surface area contributed by atoms with E-state index in [1.807, 2.05) is 60.7 Å². The number of anilines is 2. The van der Waals surface area contributed by atoms with Crippen molar-refractivity contribution in [2.75, 3.05) is 16.3 Å². The van der Waals surface area contributed by atoms with Crippen molar-refractivity contribution in [1.82, 2.24) is 0 Å². The largest absolute Gasteiger partial charge is 0.323 e. The van der Waals surface area contributed by atoms with Gasteiger partial charge in [0.1, 0.15) is 0 Å². The second-order valence-electron chi connectivity index (χ2n) is 6.16. The standard InChI is InChI=1S/C21H20N2O3S/c1-27(25,26)23-19-15-9-8-14-18(19)22-21(24)20(16-10-4-2-5-11-16)17-12-6-3-7-13-17/h2-15,20,23H,1H3,(H,22,24). The predicted octanol–water partition coefficient (Wildman–Crippen LogP) is 3.83. The molecule has 3 aromatic rings. The molecule has 0 aliphatic carbocycles. The molecule has 0 aliphatic rings. The van der Waals surface area contributed by atoms with Crippen LogP contribution in [-0.2, 0) is 14.8 Å². The Kier molecular flexibility index (Phi) is 5.57. The van der Waals surface area contributed by atoms with Crippen LogP contribution in [-0.4, -0.2) is 20.6 Å². The molecule has 0 spiro atoms. The molecule has 0 saturated carbocycles. The first-order valence-electron chi connectivity index (χ1n) is 8.41. The average molecular weight is 380 g/mol. The van der Waals surface area contributed by atoms with E-state index in [0.717, 1.165) is 17.4 Å². The van der Waals surface area contributed by atoms with E-state index >= 15 is 0 Å². The highest BCUT2D eigenvalue weighted by molar-refractivity contribution is 7.92. The summed E-state index contributed by atoms with van der Waals surface area (Å²) in [6.45, 7) is 0. The third-order valence-corrected chi connectivity index (χ3v) is 4.60. The van der Waals surface area contributed by atoms with Crippen molar-refractivity contribution in [3.63, 3.8) is 0 Å². The van der Waals surface area contributed by atoms with E-state index in [1.165, 1.54) is 0 Å². The summed E-state index contributed by atoms with van der Waals surface area (Å²) in [5.41, 5.74) is 2.45. The molecule has 27 heavy (non-hydrogen) atoms. The van der Waals surface area contributed by atoms with Gasteiger partial charge in [-0.15, -0.1) is 0 Å². The minimum Gasteiger partial charge on any atom is -0.323 e. The number of carbonyl (C=O) groups excluding carboxylic acids is 1. The van der Waals surface area contributed by atoms with Crippen molar-refractivity contribution in [3.8, 4) is 0 Å². The number of para-hydroxylation sites is 2. The van der Waals surface area contributed by atoms with Crippen molar-refractivity contribution in [2.24, 2.45) is 0 Å². The molecule has 3 rings (SSSR count). The van der Waals surface area contributed by atoms with Crippen LogP contribution in [0, 0.1) is 0 Å². The number of benzene rings is 3. The Hall–Kier alpha value is -3.12. The molecule has 0 bridgehead atoms. The molecule has 0 fully saturated rings. The van der Waals surface area contributed by atoms with Gasteiger partial charge in [-0.3, -0.25) is 9.52 Å². The SMILES string of the molecule is CS(=O)(=O)Nc1ccccc1NC(=O)C(c1ccccc1)c1ccccc1. The van der Waals surface area contributed by atoms with Gasteiger partial charge in [-0.05, 0) is 23.3 Å². The summed E-state index contributed by atoms with van der Waals surface area (Å²) in [5.74, 6) is -0.756. The highest BCUT2D eigenvalue weighted by Gasteiger charge is 2.23. The number of amides is 1. The van der Waals surface area contributed by atoms with E-state index < -0.39 is 15.9 Å². The molecule has 5 nitrogen and oxygen atoms in total. The van der Waals surface area contributed by atoms with Crippen LogP contribution < -0.4 is 10.0 Å². The number of hydrogen-bond acceptors (Lipinski definition) is 3. The van der Waals surface area contributed by atoms with Gasteiger partial charge < -0.3 is 5.32 Å². The predicted molar refractivity (Wildman–Crippen MR) is 108 cm³/mol. The Morgan fingerprint density at radius 2 is 1.19 bits per heavy atom. The lowest BCUT2D eigenvalue weighted by Gasteiger charge is -2.19. The molecule has 0 heterocycles. The van der Waals surface area contributed by atoms with Crippen LogP contribution in [0.15, 0.2) is 84.9 Å². The van der Waals surface area contributed by atoms with Gasteiger partial charge in [0.05, 0.1) is 23.5 Å². The first kappa shape index (κ1) is 18.7. The molecule has 0 radical (unpaired) electrons. The molecule has 0 aromatic heterocycles. The molecular weight excluding hydrogens is 360 g/mol. The van der Waals surface area contributed by atoms with Crippen LogP contribution in [0.5, 0.6) is 0 Å². The van der Waals surface area contributed by atoms with Crippen LogP contribution >= 0.6 is 0 Å². The number of hydrogen-bond donors (Lipinski definition) is 2. The minimum atomic E-state index is -3.46. The van der Waals surface area contributed by atoms with Gasteiger partial charge in [0.25, 0.3) is 0 Å². The quantitative estimate of drug-likeness (QED) is 0.682. The van der Waals surface area contributed by atoms with E-state index in [4.69, 9.17) is 0 Å². The lowest BCUT2D eigenvalue weighted by molar-refractivity contribution is -0.116. The first-order chi connectivity index (χ1) is 12.9. The maximum absolute atomic E-state index is 13.1.